The highest BCUT2D eigenvalue weighted by molar-refractivity contribution is 5.92. The topological polar surface area (TPSA) is 67.8 Å². The Morgan fingerprint density at radius 1 is 1.14 bits per heavy atom. The lowest BCUT2D eigenvalue weighted by Crippen LogP contribution is -2.33. The molecule has 5 heteroatoms. The van der Waals surface area contributed by atoms with E-state index in [0.29, 0.717) is 5.69 Å². The number of hydrogen-bond donors (Lipinski definition) is 1. The van der Waals surface area contributed by atoms with Crippen LogP contribution in [0.4, 0.5) is 0 Å². The summed E-state index contributed by atoms with van der Waals surface area (Å²) in [7, 11) is 0. The number of amides is 1. The van der Waals surface area contributed by atoms with Gasteiger partial charge < -0.3 is 5.32 Å². The molecule has 0 radical (unpaired) electrons. The lowest BCUT2D eigenvalue weighted by Gasteiger charge is -2.23. The van der Waals surface area contributed by atoms with Crippen LogP contribution in [0.5, 0.6) is 0 Å². The minimum Gasteiger partial charge on any atom is -0.342 e. The van der Waals surface area contributed by atoms with Gasteiger partial charge in [0.2, 0.25) is 0 Å². The van der Waals surface area contributed by atoms with Crippen molar-refractivity contribution in [3.63, 3.8) is 0 Å². The van der Waals surface area contributed by atoms with Crippen LogP contribution in [-0.4, -0.2) is 20.9 Å². The summed E-state index contributed by atoms with van der Waals surface area (Å²) in [4.78, 5) is 24.9. The van der Waals surface area contributed by atoms with Gasteiger partial charge in [-0.25, -0.2) is 4.98 Å². The first-order valence-corrected chi connectivity index (χ1v) is 7.00. The van der Waals surface area contributed by atoms with E-state index < -0.39 is 0 Å². The van der Waals surface area contributed by atoms with Gasteiger partial charge in [-0.15, -0.1) is 0 Å². The van der Waals surface area contributed by atoms with Crippen molar-refractivity contribution < 1.29 is 4.79 Å². The van der Waals surface area contributed by atoms with Crippen LogP contribution in [-0.2, 0) is 0 Å². The summed E-state index contributed by atoms with van der Waals surface area (Å²) < 4.78 is 0. The van der Waals surface area contributed by atoms with Crippen molar-refractivity contribution in [2.75, 3.05) is 0 Å². The minimum atomic E-state index is -0.230. The Labute approximate surface area is 124 Å². The van der Waals surface area contributed by atoms with Crippen LogP contribution in [0.2, 0.25) is 0 Å². The smallest absolute Gasteiger partial charge is 0.272 e. The van der Waals surface area contributed by atoms with Crippen LogP contribution < -0.4 is 5.32 Å². The van der Waals surface area contributed by atoms with Crippen molar-refractivity contribution >= 4 is 5.91 Å². The molecule has 0 aliphatic heterocycles. The maximum absolute atomic E-state index is 12.3. The van der Waals surface area contributed by atoms with E-state index in [1.165, 1.54) is 6.20 Å². The zero-order valence-corrected chi connectivity index (χ0v) is 12.8. The molecule has 0 aromatic carbocycles. The van der Waals surface area contributed by atoms with E-state index >= 15 is 0 Å². The second-order valence-electron chi connectivity index (χ2n) is 5.44. The van der Waals surface area contributed by atoms with Crippen molar-refractivity contribution in [3.8, 4) is 0 Å². The van der Waals surface area contributed by atoms with Gasteiger partial charge in [0.05, 0.1) is 23.6 Å². The Hall–Kier alpha value is -2.30. The fourth-order valence-electron chi connectivity index (χ4n) is 2.10. The Bertz CT molecular complexity index is 622. The molecular weight excluding hydrogens is 264 g/mol. The molecule has 2 rings (SSSR count). The van der Waals surface area contributed by atoms with E-state index in [-0.39, 0.29) is 17.9 Å². The summed E-state index contributed by atoms with van der Waals surface area (Å²) in [5.74, 6) is -0.00721. The van der Waals surface area contributed by atoms with Crippen molar-refractivity contribution in [1.29, 1.82) is 0 Å². The van der Waals surface area contributed by atoms with E-state index in [2.05, 4.69) is 34.1 Å². The Kier molecular flexibility index (Phi) is 4.62. The summed E-state index contributed by atoms with van der Waals surface area (Å²) in [6.45, 7) is 7.94. The van der Waals surface area contributed by atoms with Crippen molar-refractivity contribution in [2.24, 2.45) is 5.92 Å². The molecule has 1 amide bonds. The largest absolute Gasteiger partial charge is 0.342 e. The van der Waals surface area contributed by atoms with E-state index in [4.69, 9.17) is 0 Å². The average molecular weight is 284 g/mol. The zero-order valence-electron chi connectivity index (χ0n) is 12.8. The number of aryl methyl sites for hydroxylation is 2. The van der Waals surface area contributed by atoms with Gasteiger partial charge in [0.15, 0.2) is 0 Å². The van der Waals surface area contributed by atoms with E-state index in [1.54, 1.807) is 12.4 Å². The monoisotopic (exact) mass is 284 g/mol. The molecule has 1 N–H and O–H groups in total. The molecule has 2 aromatic heterocycles. The highest BCUT2D eigenvalue weighted by Gasteiger charge is 2.22. The maximum atomic E-state index is 12.3. The molecule has 2 heterocycles. The highest BCUT2D eigenvalue weighted by atomic mass is 16.1. The lowest BCUT2D eigenvalue weighted by atomic mass is 9.97. The van der Waals surface area contributed by atoms with E-state index in [9.17, 15) is 4.79 Å². The Balaban J connectivity index is 2.23. The molecule has 1 atom stereocenters. The van der Waals surface area contributed by atoms with Crippen molar-refractivity contribution in [3.05, 3.63) is 53.4 Å². The van der Waals surface area contributed by atoms with Gasteiger partial charge in [-0.2, -0.15) is 0 Å². The molecule has 0 aliphatic carbocycles. The first-order chi connectivity index (χ1) is 9.99. The molecule has 0 bridgehead atoms. The first kappa shape index (κ1) is 15.1. The highest BCUT2D eigenvalue weighted by Crippen LogP contribution is 2.22. The number of aromatic nitrogens is 3. The quantitative estimate of drug-likeness (QED) is 0.937. The first-order valence-electron chi connectivity index (χ1n) is 7.00. The minimum absolute atomic E-state index is 0.151. The third-order valence-corrected chi connectivity index (χ3v) is 3.31. The summed E-state index contributed by atoms with van der Waals surface area (Å²) in [6, 6.07) is 3.74. The normalized spacial score (nSPS) is 12.2. The molecular formula is C16H20N4O. The predicted molar refractivity (Wildman–Crippen MR) is 80.8 cm³/mol. The number of nitrogens with one attached hydrogen (secondary N) is 1. The Morgan fingerprint density at radius 3 is 2.48 bits per heavy atom. The van der Waals surface area contributed by atoms with Crippen LogP contribution in [0.1, 0.15) is 47.3 Å². The maximum Gasteiger partial charge on any atom is 0.272 e. The van der Waals surface area contributed by atoms with Gasteiger partial charge in [0.1, 0.15) is 5.69 Å². The lowest BCUT2D eigenvalue weighted by molar-refractivity contribution is 0.0918. The second-order valence-corrected chi connectivity index (χ2v) is 5.44. The second kappa shape index (κ2) is 6.43. The van der Waals surface area contributed by atoms with Crippen molar-refractivity contribution in [1.82, 2.24) is 20.3 Å². The van der Waals surface area contributed by atoms with Crippen LogP contribution in [0.25, 0.3) is 0 Å². The standard InChI is InChI=1S/C16H20N4O/c1-10(2)14(15-11(3)6-5-7-17-15)20-16(21)13-9-18-12(4)8-19-13/h5-10,14H,1-4H3,(H,20,21). The molecule has 0 saturated carbocycles. The summed E-state index contributed by atoms with van der Waals surface area (Å²) in [5, 5.41) is 3.01. The summed E-state index contributed by atoms with van der Waals surface area (Å²) in [6.07, 6.45) is 4.83. The molecule has 110 valence electrons. The van der Waals surface area contributed by atoms with Gasteiger partial charge >= 0.3 is 0 Å². The molecule has 0 spiro atoms. The van der Waals surface area contributed by atoms with Crippen LogP contribution >= 0.6 is 0 Å². The van der Waals surface area contributed by atoms with Crippen LogP contribution in [0, 0.1) is 19.8 Å². The molecule has 1 unspecified atom stereocenters. The number of hydrogen-bond acceptors (Lipinski definition) is 4. The van der Waals surface area contributed by atoms with Crippen LogP contribution in [0.15, 0.2) is 30.7 Å². The Morgan fingerprint density at radius 2 is 1.90 bits per heavy atom. The van der Waals surface area contributed by atoms with E-state index in [0.717, 1.165) is 17.0 Å². The summed E-state index contributed by atoms with van der Waals surface area (Å²) >= 11 is 0. The molecule has 2 aromatic rings. The van der Waals surface area contributed by atoms with Gasteiger partial charge in [-0.3, -0.25) is 14.8 Å². The third-order valence-electron chi connectivity index (χ3n) is 3.31. The van der Waals surface area contributed by atoms with Gasteiger partial charge in [0, 0.05) is 12.4 Å². The fourth-order valence-corrected chi connectivity index (χ4v) is 2.10. The summed E-state index contributed by atoms with van der Waals surface area (Å²) in [5.41, 5.74) is 3.06. The third kappa shape index (κ3) is 3.62. The molecule has 5 nitrogen and oxygen atoms in total. The average Bonchev–Trinajstić information content (AvgIpc) is 2.46. The number of carbonyl (C=O) groups excluding carboxylic acids is 1. The number of carbonyl (C=O) groups is 1. The van der Waals surface area contributed by atoms with E-state index in [1.807, 2.05) is 26.0 Å². The van der Waals surface area contributed by atoms with Gasteiger partial charge in [-0.1, -0.05) is 19.9 Å². The SMILES string of the molecule is Cc1cnc(C(=O)NC(c2ncccc2C)C(C)C)cn1. The fraction of sp³-hybridized carbons (Fsp3) is 0.375. The molecule has 0 saturated heterocycles. The van der Waals surface area contributed by atoms with Crippen LogP contribution in [0.3, 0.4) is 0 Å². The predicted octanol–water partition coefficient (Wildman–Crippen LogP) is 2.62. The van der Waals surface area contributed by atoms with Gasteiger partial charge in [-0.05, 0) is 31.4 Å². The van der Waals surface area contributed by atoms with Crippen molar-refractivity contribution in [2.45, 2.75) is 33.7 Å². The number of pyridine rings is 1. The molecule has 0 aliphatic rings. The number of nitrogens with zero attached hydrogens (tertiary/aromatic N) is 3. The number of rotatable bonds is 4. The molecule has 0 fully saturated rings. The zero-order chi connectivity index (χ0) is 15.4. The molecule has 21 heavy (non-hydrogen) atoms. The van der Waals surface area contributed by atoms with Gasteiger partial charge in [0.25, 0.3) is 5.91 Å².